The van der Waals surface area contributed by atoms with E-state index in [-0.39, 0.29) is 0 Å². The van der Waals surface area contributed by atoms with Crippen LogP contribution in [0.25, 0.3) is 0 Å². The van der Waals surface area contributed by atoms with Gasteiger partial charge in [-0.3, -0.25) is 0 Å². The van der Waals surface area contributed by atoms with Crippen LogP contribution in [0, 0.1) is 5.92 Å². The second kappa shape index (κ2) is 6.66. The molecule has 1 heteroatoms. The Morgan fingerprint density at radius 1 is 1.27 bits per heavy atom. The summed E-state index contributed by atoms with van der Waals surface area (Å²) in [5.74, 6) is 0.888. The number of hydrogen-bond donors (Lipinski definition) is 1. The van der Waals surface area contributed by atoms with Crippen LogP contribution in [0.5, 0.6) is 0 Å². The first-order valence-corrected chi connectivity index (χ1v) is 4.96. The van der Waals surface area contributed by atoms with E-state index in [2.05, 4.69) is 20.8 Å². The lowest BCUT2D eigenvalue weighted by molar-refractivity contribution is 0.344. The first-order valence-electron chi connectivity index (χ1n) is 4.96. The summed E-state index contributed by atoms with van der Waals surface area (Å²) in [5.41, 5.74) is 5.73. The van der Waals surface area contributed by atoms with E-state index in [0.717, 1.165) is 5.92 Å². The van der Waals surface area contributed by atoms with Gasteiger partial charge in [0.1, 0.15) is 0 Å². The molecule has 0 heterocycles. The number of hydrogen-bond acceptors (Lipinski definition) is 1. The molecular formula is C10H23N. The summed E-state index contributed by atoms with van der Waals surface area (Å²) in [7, 11) is 0. The molecule has 1 fully saturated rings. The maximum Gasteiger partial charge on any atom is 0.00413 e. The summed E-state index contributed by atoms with van der Waals surface area (Å²) >= 11 is 0. The van der Waals surface area contributed by atoms with E-state index in [0.29, 0.717) is 6.04 Å². The zero-order chi connectivity index (χ0) is 8.69. The van der Waals surface area contributed by atoms with Gasteiger partial charge in [-0.05, 0) is 18.8 Å². The van der Waals surface area contributed by atoms with Crippen molar-refractivity contribution in [3.8, 4) is 0 Å². The fourth-order valence-corrected chi connectivity index (χ4v) is 1.48. The van der Waals surface area contributed by atoms with Crippen LogP contribution >= 0.6 is 0 Å². The highest BCUT2D eigenvalue weighted by atomic mass is 14.6. The molecule has 2 N–H and O–H groups in total. The topological polar surface area (TPSA) is 26.0 Å². The monoisotopic (exact) mass is 157 g/mol. The summed E-state index contributed by atoms with van der Waals surface area (Å²) < 4.78 is 0. The third-order valence-corrected chi connectivity index (χ3v) is 1.98. The molecule has 2 atom stereocenters. The largest absolute Gasteiger partial charge is 0.328 e. The quantitative estimate of drug-likeness (QED) is 0.575. The maximum absolute atomic E-state index is 5.73. The molecule has 11 heavy (non-hydrogen) atoms. The van der Waals surface area contributed by atoms with Gasteiger partial charge in [-0.25, -0.2) is 0 Å². The molecular weight excluding hydrogens is 134 g/mol. The second-order valence-corrected chi connectivity index (χ2v) is 3.74. The number of rotatable bonds is 0. The Balaban J connectivity index is 0.000000292. The Morgan fingerprint density at radius 3 is 2.09 bits per heavy atom. The van der Waals surface area contributed by atoms with Crippen LogP contribution in [0.4, 0.5) is 0 Å². The summed E-state index contributed by atoms with van der Waals surface area (Å²) in [4.78, 5) is 0. The lowest BCUT2D eigenvalue weighted by Gasteiger charge is -2.22. The fraction of sp³-hybridized carbons (Fsp3) is 1.00. The zero-order valence-electron chi connectivity index (χ0n) is 8.27. The van der Waals surface area contributed by atoms with E-state index in [1.807, 2.05) is 0 Å². The summed E-state index contributed by atoms with van der Waals surface area (Å²) in [6, 6.07) is 0.513. The van der Waals surface area contributed by atoms with Gasteiger partial charge in [-0.1, -0.05) is 40.0 Å². The van der Waals surface area contributed by atoms with Gasteiger partial charge in [0.15, 0.2) is 0 Å². The van der Waals surface area contributed by atoms with Crippen LogP contribution in [0.3, 0.4) is 0 Å². The fourth-order valence-electron chi connectivity index (χ4n) is 1.48. The van der Waals surface area contributed by atoms with Gasteiger partial charge in [0.2, 0.25) is 0 Å². The van der Waals surface area contributed by atoms with Crippen LogP contribution in [0.1, 0.15) is 52.9 Å². The Bertz CT molecular complexity index is 72.9. The van der Waals surface area contributed by atoms with E-state index < -0.39 is 0 Å². The molecule has 1 aliphatic rings. The van der Waals surface area contributed by atoms with Crippen molar-refractivity contribution in [3.05, 3.63) is 0 Å². The normalized spacial score (nSPS) is 30.5. The van der Waals surface area contributed by atoms with Crippen LogP contribution in [0.2, 0.25) is 0 Å². The highest BCUT2D eigenvalue weighted by Gasteiger charge is 2.13. The lowest BCUT2D eigenvalue weighted by Crippen LogP contribution is -2.26. The van der Waals surface area contributed by atoms with Crippen molar-refractivity contribution in [1.82, 2.24) is 0 Å². The zero-order valence-corrected chi connectivity index (χ0v) is 8.27. The van der Waals surface area contributed by atoms with Crippen molar-refractivity contribution in [2.75, 3.05) is 0 Å². The minimum absolute atomic E-state index is 0.513. The average Bonchev–Trinajstić information content (AvgIpc) is 1.88. The van der Waals surface area contributed by atoms with Crippen molar-refractivity contribution in [3.63, 3.8) is 0 Å². The Labute approximate surface area is 71.4 Å². The standard InChI is InChI=1S/C7H15N.C3H8/c1-6-3-2-4-7(8)5-6;1-3-2/h6-7H,2-5,8H2,1H3;3H2,1-2H3. The van der Waals surface area contributed by atoms with Crippen molar-refractivity contribution in [2.45, 2.75) is 58.9 Å². The molecule has 0 aromatic heterocycles. The van der Waals surface area contributed by atoms with E-state index in [4.69, 9.17) is 5.73 Å². The maximum atomic E-state index is 5.73. The minimum atomic E-state index is 0.513. The highest BCUT2D eigenvalue weighted by Crippen LogP contribution is 2.21. The van der Waals surface area contributed by atoms with Gasteiger partial charge in [0, 0.05) is 6.04 Å². The molecule has 68 valence electrons. The third kappa shape index (κ3) is 6.36. The van der Waals surface area contributed by atoms with Gasteiger partial charge in [-0.15, -0.1) is 0 Å². The predicted molar refractivity (Wildman–Crippen MR) is 51.6 cm³/mol. The van der Waals surface area contributed by atoms with Crippen molar-refractivity contribution < 1.29 is 0 Å². The summed E-state index contributed by atoms with van der Waals surface area (Å²) in [5, 5.41) is 0. The number of nitrogens with two attached hydrogens (primary N) is 1. The smallest absolute Gasteiger partial charge is 0.00413 e. The van der Waals surface area contributed by atoms with Gasteiger partial charge in [0.25, 0.3) is 0 Å². The molecule has 0 amide bonds. The third-order valence-electron chi connectivity index (χ3n) is 1.98. The molecule has 1 saturated carbocycles. The van der Waals surface area contributed by atoms with E-state index in [9.17, 15) is 0 Å². The van der Waals surface area contributed by atoms with Gasteiger partial charge >= 0.3 is 0 Å². The lowest BCUT2D eigenvalue weighted by atomic mass is 9.88. The van der Waals surface area contributed by atoms with Gasteiger partial charge in [-0.2, -0.15) is 0 Å². The second-order valence-electron chi connectivity index (χ2n) is 3.74. The molecule has 0 bridgehead atoms. The molecule has 0 aromatic rings. The first kappa shape index (κ1) is 11.0. The summed E-state index contributed by atoms with van der Waals surface area (Å²) in [6.07, 6.45) is 6.50. The molecule has 0 aromatic carbocycles. The highest BCUT2D eigenvalue weighted by molar-refractivity contribution is 4.71. The molecule has 0 saturated heterocycles. The van der Waals surface area contributed by atoms with E-state index in [1.165, 1.54) is 32.1 Å². The average molecular weight is 157 g/mol. The Morgan fingerprint density at radius 2 is 1.82 bits per heavy atom. The van der Waals surface area contributed by atoms with Crippen LogP contribution in [-0.2, 0) is 0 Å². The van der Waals surface area contributed by atoms with Crippen LogP contribution < -0.4 is 5.73 Å². The molecule has 0 aliphatic heterocycles. The van der Waals surface area contributed by atoms with Crippen molar-refractivity contribution in [2.24, 2.45) is 11.7 Å². The van der Waals surface area contributed by atoms with Gasteiger partial charge < -0.3 is 5.73 Å². The SMILES string of the molecule is CC1CCCC(N)C1.CCC. The Hall–Kier alpha value is -0.0400. The van der Waals surface area contributed by atoms with Crippen molar-refractivity contribution in [1.29, 1.82) is 0 Å². The first-order chi connectivity index (χ1) is 5.20. The minimum Gasteiger partial charge on any atom is -0.328 e. The Kier molecular flexibility index (Phi) is 6.63. The van der Waals surface area contributed by atoms with Crippen molar-refractivity contribution >= 4 is 0 Å². The van der Waals surface area contributed by atoms with E-state index in [1.54, 1.807) is 0 Å². The van der Waals surface area contributed by atoms with Crippen LogP contribution in [0.15, 0.2) is 0 Å². The molecule has 0 spiro atoms. The summed E-state index contributed by atoms with van der Waals surface area (Å²) in [6.45, 7) is 6.54. The predicted octanol–water partition coefficient (Wildman–Crippen LogP) is 2.94. The van der Waals surface area contributed by atoms with E-state index >= 15 is 0 Å². The molecule has 1 rings (SSSR count). The van der Waals surface area contributed by atoms with Crippen LogP contribution in [-0.4, -0.2) is 6.04 Å². The molecule has 0 radical (unpaired) electrons. The van der Waals surface area contributed by atoms with Gasteiger partial charge in [0.05, 0.1) is 0 Å². The molecule has 1 aliphatic carbocycles. The molecule has 2 unspecified atom stereocenters. The molecule has 1 nitrogen and oxygen atoms in total.